The summed E-state index contributed by atoms with van der Waals surface area (Å²) in [7, 11) is 1.64. The van der Waals surface area contributed by atoms with Gasteiger partial charge in [0.15, 0.2) is 5.58 Å². The number of anilines is 1. The second-order valence-electron chi connectivity index (χ2n) is 3.52. The van der Waals surface area contributed by atoms with E-state index in [4.69, 9.17) is 14.9 Å². The molecule has 0 saturated heterocycles. The Morgan fingerprint density at radius 1 is 1.25 bits per heavy atom. The van der Waals surface area contributed by atoms with E-state index in [-0.39, 0.29) is 6.01 Å². The molecular formula is C12H10N2O2. The van der Waals surface area contributed by atoms with Crippen LogP contribution in [0.3, 0.4) is 0 Å². The maximum atomic E-state index is 5.55. The topological polar surface area (TPSA) is 61.3 Å². The molecule has 3 aromatic rings. The molecule has 0 fully saturated rings. The first-order chi connectivity index (χ1) is 7.79. The standard InChI is InChI=1S/C12H10N2O2/c1-15-10-6-9-11(16-12(13)14-9)8-5-3-2-4-7(8)10/h2-6H,1H3,(H2,13,14). The highest BCUT2D eigenvalue weighted by Gasteiger charge is 2.11. The van der Waals surface area contributed by atoms with Crippen molar-refractivity contribution in [3.8, 4) is 5.75 Å². The quantitative estimate of drug-likeness (QED) is 0.676. The molecule has 4 nitrogen and oxygen atoms in total. The van der Waals surface area contributed by atoms with Gasteiger partial charge in [-0.15, -0.1) is 0 Å². The van der Waals surface area contributed by atoms with Gasteiger partial charge in [0.05, 0.1) is 7.11 Å². The number of methoxy groups -OCH3 is 1. The fourth-order valence-electron chi connectivity index (χ4n) is 1.91. The van der Waals surface area contributed by atoms with Gasteiger partial charge in [0, 0.05) is 16.8 Å². The molecule has 2 N–H and O–H groups in total. The van der Waals surface area contributed by atoms with E-state index in [1.165, 1.54) is 0 Å². The number of oxazole rings is 1. The lowest BCUT2D eigenvalue weighted by molar-refractivity contribution is 0.420. The van der Waals surface area contributed by atoms with Crippen LogP contribution in [-0.4, -0.2) is 12.1 Å². The zero-order valence-electron chi connectivity index (χ0n) is 8.73. The highest BCUT2D eigenvalue weighted by atomic mass is 16.5. The molecule has 3 rings (SSSR count). The van der Waals surface area contributed by atoms with Crippen LogP contribution in [0.4, 0.5) is 6.01 Å². The van der Waals surface area contributed by atoms with Crippen LogP contribution >= 0.6 is 0 Å². The monoisotopic (exact) mass is 214 g/mol. The predicted molar refractivity (Wildman–Crippen MR) is 62.5 cm³/mol. The van der Waals surface area contributed by atoms with Crippen molar-refractivity contribution in [2.75, 3.05) is 12.8 Å². The first-order valence-electron chi connectivity index (χ1n) is 4.91. The molecular weight excluding hydrogens is 204 g/mol. The maximum absolute atomic E-state index is 5.55. The summed E-state index contributed by atoms with van der Waals surface area (Å²) in [6.07, 6.45) is 0. The largest absolute Gasteiger partial charge is 0.496 e. The number of ether oxygens (including phenoxy) is 1. The molecule has 0 spiro atoms. The summed E-state index contributed by atoms with van der Waals surface area (Å²) < 4.78 is 10.7. The molecule has 0 atom stereocenters. The highest BCUT2D eigenvalue weighted by Crippen LogP contribution is 2.33. The van der Waals surface area contributed by atoms with E-state index in [1.54, 1.807) is 7.11 Å². The molecule has 0 aliphatic heterocycles. The molecule has 0 radical (unpaired) electrons. The number of benzene rings is 2. The Kier molecular flexibility index (Phi) is 1.77. The van der Waals surface area contributed by atoms with Gasteiger partial charge in [0.1, 0.15) is 11.3 Å². The van der Waals surface area contributed by atoms with Crippen LogP contribution in [-0.2, 0) is 0 Å². The van der Waals surface area contributed by atoms with Gasteiger partial charge in [-0.2, -0.15) is 4.98 Å². The number of hydrogen-bond acceptors (Lipinski definition) is 4. The molecule has 16 heavy (non-hydrogen) atoms. The summed E-state index contributed by atoms with van der Waals surface area (Å²) in [6, 6.07) is 9.85. The number of nitrogens with zero attached hydrogens (tertiary/aromatic N) is 1. The van der Waals surface area contributed by atoms with Crippen molar-refractivity contribution >= 4 is 27.9 Å². The Morgan fingerprint density at radius 2 is 2.00 bits per heavy atom. The summed E-state index contributed by atoms with van der Waals surface area (Å²) in [5.74, 6) is 0.774. The van der Waals surface area contributed by atoms with Gasteiger partial charge in [-0.1, -0.05) is 24.3 Å². The van der Waals surface area contributed by atoms with Gasteiger partial charge >= 0.3 is 0 Å². The summed E-state index contributed by atoms with van der Waals surface area (Å²) in [6.45, 7) is 0. The third kappa shape index (κ3) is 1.13. The molecule has 4 heteroatoms. The lowest BCUT2D eigenvalue weighted by Gasteiger charge is -2.04. The van der Waals surface area contributed by atoms with Crippen LogP contribution < -0.4 is 10.5 Å². The number of fused-ring (bicyclic) bond motifs is 3. The number of aromatic nitrogens is 1. The van der Waals surface area contributed by atoms with Crippen LogP contribution in [0.1, 0.15) is 0 Å². The van der Waals surface area contributed by atoms with Gasteiger partial charge in [-0.05, 0) is 0 Å². The molecule has 0 aliphatic rings. The SMILES string of the molecule is COc1cc2nc(N)oc2c2ccccc12. The molecule has 0 aliphatic carbocycles. The Morgan fingerprint density at radius 3 is 2.75 bits per heavy atom. The third-order valence-corrected chi connectivity index (χ3v) is 2.59. The summed E-state index contributed by atoms with van der Waals surface area (Å²) in [5, 5.41) is 1.95. The zero-order chi connectivity index (χ0) is 11.1. The van der Waals surface area contributed by atoms with Crippen molar-refractivity contribution in [3.63, 3.8) is 0 Å². The maximum Gasteiger partial charge on any atom is 0.293 e. The second kappa shape index (κ2) is 3.13. The average Bonchev–Trinajstić information content (AvgIpc) is 2.68. The van der Waals surface area contributed by atoms with E-state index in [0.717, 1.165) is 16.5 Å². The van der Waals surface area contributed by atoms with Crippen LogP contribution in [0, 0.1) is 0 Å². The third-order valence-electron chi connectivity index (χ3n) is 2.59. The van der Waals surface area contributed by atoms with Gasteiger partial charge in [-0.25, -0.2) is 0 Å². The lowest BCUT2D eigenvalue weighted by Crippen LogP contribution is -1.85. The minimum atomic E-state index is 0.174. The van der Waals surface area contributed by atoms with Crippen molar-refractivity contribution in [2.45, 2.75) is 0 Å². The first-order valence-corrected chi connectivity index (χ1v) is 4.91. The van der Waals surface area contributed by atoms with Crippen LogP contribution in [0.5, 0.6) is 5.75 Å². The smallest absolute Gasteiger partial charge is 0.293 e. The zero-order valence-corrected chi connectivity index (χ0v) is 8.73. The molecule has 0 bridgehead atoms. The lowest BCUT2D eigenvalue weighted by atomic mass is 10.1. The van der Waals surface area contributed by atoms with Crippen molar-refractivity contribution in [1.29, 1.82) is 0 Å². The van der Waals surface area contributed by atoms with Crippen LogP contribution in [0.2, 0.25) is 0 Å². The van der Waals surface area contributed by atoms with E-state index in [1.807, 2.05) is 30.3 Å². The second-order valence-corrected chi connectivity index (χ2v) is 3.52. The van der Waals surface area contributed by atoms with Crippen LogP contribution in [0.25, 0.3) is 21.9 Å². The van der Waals surface area contributed by atoms with E-state index in [9.17, 15) is 0 Å². The van der Waals surface area contributed by atoms with Crippen molar-refractivity contribution in [3.05, 3.63) is 30.3 Å². The molecule has 0 saturated carbocycles. The minimum absolute atomic E-state index is 0.174. The highest BCUT2D eigenvalue weighted by molar-refractivity contribution is 6.06. The predicted octanol–water partition coefficient (Wildman–Crippen LogP) is 2.57. The Bertz CT molecular complexity index is 673. The molecule has 1 heterocycles. The minimum Gasteiger partial charge on any atom is -0.496 e. The molecule has 2 aromatic carbocycles. The van der Waals surface area contributed by atoms with Gasteiger partial charge in [-0.3, -0.25) is 0 Å². The van der Waals surface area contributed by atoms with Gasteiger partial charge in [0.2, 0.25) is 0 Å². The van der Waals surface area contributed by atoms with Crippen molar-refractivity contribution in [1.82, 2.24) is 4.98 Å². The number of rotatable bonds is 1. The number of nitrogen functional groups attached to an aromatic ring is 1. The van der Waals surface area contributed by atoms with E-state index < -0.39 is 0 Å². The summed E-state index contributed by atoms with van der Waals surface area (Å²) >= 11 is 0. The number of nitrogens with two attached hydrogens (primary N) is 1. The Labute approximate surface area is 91.6 Å². The fraction of sp³-hybridized carbons (Fsp3) is 0.0833. The Hall–Kier alpha value is -2.23. The first kappa shape index (κ1) is 9.03. The molecule has 0 amide bonds. The number of hydrogen-bond donors (Lipinski definition) is 1. The molecule has 0 unspecified atom stereocenters. The molecule has 1 aromatic heterocycles. The van der Waals surface area contributed by atoms with Crippen molar-refractivity contribution in [2.24, 2.45) is 0 Å². The van der Waals surface area contributed by atoms with E-state index in [2.05, 4.69) is 4.98 Å². The normalized spacial score (nSPS) is 11.1. The summed E-state index contributed by atoms with van der Waals surface area (Å²) in [4.78, 5) is 4.10. The van der Waals surface area contributed by atoms with Crippen molar-refractivity contribution < 1.29 is 9.15 Å². The fourth-order valence-corrected chi connectivity index (χ4v) is 1.91. The average molecular weight is 214 g/mol. The van der Waals surface area contributed by atoms with Gasteiger partial charge in [0.25, 0.3) is 6.01 Å². The van der Waals surface area contributed by atoms with Crippen LogP contribution in [0.15, 0.2) is 34.7 Å². The molecule has 80 valence electrons. The van der Waals surface area contributed by atoms with E-state index >= 15 is 0 Å². The van der Waals surface area contributed by atoms with Gasteiger partial charge < -0.3 is 14.9 Å². The Balaban J connectivity index is 2.56. The van der Waals surface area contributed by atoms with E-state index in [0.29, 0.717) is 11.1 Å². The summed E-state index contributed by atoms with van der Waals surface area (Å²) in [5.41, 5.74) is 6.97.